The fraction of sp³-hybridized carbons (Fsp3) is 0.333. The van der Waals surface area contributed by atoms with Crippen LogP contribution in [0.2, 0.25) is 0 Å². The van der Waals surface area contributed by atoms with Crippen LogP contribution in [0, 0.1) is 0 Å². The average molecular weight is 229 g/mol. The maximum absolute atomic E-state index is 5.08. The maximum atomic E-state index is 5.08. The van der Waals surface area contributed by atoms with Gasteiger partial charge in [0.1, 0.15) is 0 Å². The van der Waals surface area contributed by atoms with Gasteiger partial charge in [0.15, 0.2) is 0 Å². The summed E-state index contributed by atoms with van der Waals surface area (Å²) in [5.41, 5.74) is 3.67. The molecule has 1 heterocycles. The molecule has 1 aromatic heterocycles. The molecule has 0 fully saturated rings. The molecule has 0 radical (unpaired) electrons. The first-order chi connectivity index (χ1) is 8.16. The number of anilines is 1. The second-order valence-electron chi connectivity index (χ2n) is 4.70. The van der Waals surface area contributed by atoms with E-state index in [2.05, 4.69) is 50.4 Å². The van der Waals surface area contributed by atoms with Crippen LogP contribution in [-0.4, -0.2) is 0 Å². The number of furan rings is 1. The molecule has 2 nitrogen and oxygen atoms in total. The molecule has 0 saturated carbocycles. The van der Waals surface area contributed by atoms with E-state index in [-0.39, 0.29) is 6.04 Å². The third-order valence-corrected chi connectivity index (χ3v) is 3.00. The predicted octanol–water partition coefficient (Wildman–Crippen LogP) is 4.58. The minimum atomic E-state index is 0.263. The van der Waals surface area contributed by atoms with Gasteiger partial charge in [-0.2, -0.15) is 0 Å². The highest BCUT2D eigenvalue weighted by atomic mass is 16.3. The molecule has 0 spiro atoms. The molecule has 2 aromatic rings. The van der Waals surface area contributed by atoms with Gasteiger partial charge in [-0.15, -0.1) is 0 Å². The lowest BCUT2D eigenvalue weighted by atomic mass is 10.0. The zero-order valence-corrected chi connectivity index (χ0v) is 10.6. The monoisotopic (exact) mass is 229 g/mol. The first-order valence-electron chi connectivity index (χ1n) is 6.05. The van der Waals surface area contributed by atoms with E-state index in [1.54, 1.807) is 12.5 Å². The second kappa shape index (κ2) is 5.09. The summed E-state index contributed by atoms with van der Waals surface area (Å²) in [5.74, 6) is 0.579. The van der Waals surface area contributed by atoms with Crippen molar-refractivity contribution in [2.75, 3.05) is 5.32 Å². The van der Waals surface area contributed by atoms with E-state index in [1.165, 1.54) is 5.56 Å². The van der Waals surface area contributed by atoms with Crippen molar-refractivity contribution in [2.45, 2.75) is 32.7 Å². The lowest BCUT2D eigenvalue weighted by molar-refractivity contribution is 0.562. The number of hydrogen-bond donors (Lipinski definition) is 1. The summed E-state index contributed by atoms with van der Waals surface area (Å²) in [4.78, 5) is 0. The van der Waals surface area contributed by atoms with Gasteiger partial charge in [0.25, 0.3) is 0 Å². The quantitative estimate of drug-likeness (QED) is 0.830. The molecule has 0 aliphatic rings. The highest BCUT2D eigenvalue weighted by Crippen LogP contribution is 2.21. The maximum Gasteiger partial charge on any atom is 0.0955 e. The topological polar surface area (TPSA) is 25.2 Å². The minimum Gasteiger partial charge on any atom is -0.472 e. The Bertz CT molecular complexity index is 442. The van der Waals surface area contributed by atoms with Crippen LogP contribution < -0.4 is 5.32 Å². The Kier molecular flexibility index (Phi) is 3.52. The van der Waals surface area contributed by atoms with Gasteiger partial charge >= 0.3 is 0 Å². The van der Waals surface area contributed by atoms with Gasteiger partial charge in [-0.25, -0.2) is 0 Å². The normalized spacial score (nSPS) is 12.7. The first-order valence-corrected chi connectivity index (χ1v) is 6.05. The van der Waals surface area contributed by atoms with Gasteiger partial charge in [0.2, 0.25) is 0 Å². The summed E-state index contributed by atoms with van der Waals surface area (Å²) in [7, 11) is 0. The Morgan fingerprint density at radius 3 is 2.18 bits per heavy atom. The largest absolute Gasteiger partial charge is 0.472 e. The molecule has 0 bridgehead atoms. The Labute approximate surface area is 103 Å². The summed E-state index contributed by atoms with van der Waals surface area (Å²) in [6, 6.07) is 10.9. The van der Waals surface area contributed by atoms with E-state index in [0.29, 0.717) is 5.92 Å². The molecule has 0 saturated heterocycles. The number of hydrogen-bond acceptors (Lipinski definition) is 2. The van der Waals surface area contributed by atoms with E-state index in [0.717, 1.165) is 11.3 Å². The minimum absolute atomic E-state index is 0.263. The summed E-state index contributed by atoms with van der Waals surface area (Å²) >= 11 is 0. The fourth-order valence-corrected chi connectivity index (χ4v) is 1.82. The molecular weight excluding hydrogens is 210 g/mol. The third-order valence-electron chi connectivity index (χ3n) is 3.00. The van der Waals surface area contributed by atoms with Crippen molar-refractivity contribution < 1.29 is 4.42 Å². The fourth-order valence-electron chi connectivity index (χ4n) is 1.82. The first kappa shape index (κ1) is 11.8. The summed E-state index contributed by atoms with van der Waals surface area (Å²) in [6.07, 6.45) is 3.48. The third kappa shape index (κ3) is 2.90. The van der Waals surface area contributed by atoms with E-state index in [1.807, 2.05) is 6.07 Å². The van der Waals surface area contributed by atoms with Crippen molar-refractivity contribution in [1.82, 2.24) is 0 Å². The zero-order valence-electron chi connectivity index (χ0n) is 10.6. The Morgan fingerprint density at radius 1 is 0.941 bits per heavy atom. The van der Waals surface area contributed by atoms with Crippen LogP contribution in [0.1, 0.15) is 43.9 Å². The molecule has 0 aliphatic carbocycles. The molecule has 1 N–H and O–H groups in total. The smallest absolute Gasteiger partial charge is 0.0955 e. The summed E-state index contributed by atoms with van der Waals surface area (Å²) < 4.78 is 5.08. The Morgan fingerprint density at radius 2 is 1.65 bits per heavy atom. The van der Waals surface area contributed by atoms with Crippen molar-refractivity contribution in [3.8, 4) is 0 Å². The molecule has 90 valence electrons. The van der Waals surface area contributed by atoms with Gasteiger partial charge in [-0.05, 0) is 36.6 Å². The molecule has 1 aromatic carbocycles. The molecule has 2 rings (SSSR count). The second-order valence-corrected chi connectivity index (χ2v) is 4.70. The molecule has 0 aliphatic heterocycles. The standard InChI is InChI=1S/C15H19NO/c1-11(2)13-4-6-15(7-5-13)16-12(3)14-8-9-17-10-14/h4-12,16H,1-3H3. The number of nitrogens with one attached hydrogen (secondary N) is 1. The molecule has 1 atom stereocenters. The van der Waals surface area contributed by atoms with Gasteiger partial charge in [0.05, 0.1) is 18.6 Å². The Hall–Kier alpha value is -1.70. The van der Waals surface area contributed by atoms with Crippen molar-refractivity contribution >= 4 is 5.69 Å². The molecule has 0 amide bonds. The molecule has 2 heteroatoms. The van der Waals surface area contributed by atoms with Gasteiger partial charge in [-0.3, -0.25) is 0 Å². The van der Waals surface area contributed by atoms with Crippen molar-refractivity contribution in [2.24, 2.45) is 0 Å². The van der Waals surface area contributed by atoms with Crippen LogP contribution in [0.15, 0.2) is 47.3 Å². The van der Waals surface area contributed by atoms with E-state index >= 15 is 0 Å². The molecule has 1 unspecified atom stereocenters. The summed E-state index contributed by atoms with van der Waals surface area (Å²) in [5, 5.41) is 3.45. The van der Waals surface area contributed by atoms with Crippen molar-refractivity contribution in [1.29, 1.82) is 0 Å². The predicted molar refractivity (Wildman–Crippen MR) is 71.3 cm³/mol. The lowest BCUT2D eigenvalue weighted by Gasteiger charge is -2.14. The highest BCUT2D eigenvalue weighted by Gasteiger charge is 2.06. The Balaban J connectivity index is 2.04. The van der Waals surface area contributed by atoms with Crippen LogP contribution in [0.5, 0.6) is 0 Å². The van der Waals surface area contributed by atoms with Crippen molar-refractivity contribution in [3.05, 3.63) is 54.0 Å². The van der Waals surface area contributed by atoms with Crippen molar-refractivity contribution in [3.63, 3.8) is 0 Å². The van der Waals surface area contributed by atoms with Crippen LogP contribution >= 0.6 is 0 Å². The molecular formula is C15H19NO. The molecule has 17 heavy (non-hydrogen) atoms. The van der Waals surface area contributed by atoms with E-state index in [9.17, 15) is 0 Å². The number of benzene rings is 1. The average Bonchev–Trinajstić information content (AvgIpc) is 2.83. The number of rotatable bonds is 4. The van der Waals surface area contributed by atoms with Crippen LogP contribution in [0.25, 0.3) is 0 Å². The lowest BCUT2D eigenvalue weighted by Crippen LogP contribution is -2.05. The van der Waals surface area contributed by atoms with Crippen LogP contribution in [-0.2, 0) is 0 Å². The summed E-state index contributed by atoms with van der Waals surface area (Å²) in [6.45, 7) is 6.54. The highest BCUT2D eigenvalue weighted by molar-refractivity contribution is 5.46. The van der Waals surface area contributed by atoms with Crippen LogP contribution in [0.3, 0.4) is 0 Å². The van der Waals surface area contributed by atoms with Gasteiger partial charge < -0.3 is 9.73 Å². The van der Waals surface area contributed by atoms with Gasteiger partial charge in [0, 0.05) is 11.3 Å². The van der Waals surface area contributed by atoms with E-state index < -0.39 is 0 Å². The van der Waals surface area contributed by atoms with Gasteiger partial charge in [-0.1, -0.05) is 26.0 Å². The van der Waals surface area contributed by atoms with Crippen LogP contribution in [0.4, 0.5) is 5.69 Å². The SMILES string of the molecule is CC(C)c1ccc(NC(C)c2ccoc2)cc1. The van der Waals surface area contributed by atoms with E-state index in [4.69, 9.17) is 4.42 Å². The zero-order chi connectivity index (χ0) is 12.3.